The summed E-state index contributed by atoms with van der Waals surface area (Å²) in [6, 6.07) is 8.86. The van der Waals surface area contributed by atoms with E-state index in [-0.39, 0.29) is 24.5 Å². The van der Waals surface area contributed by atoms with Crippen molar-refractivity contribution in [1.29, 1.82) is 0 Å². The van der Waals surface area contributed by atoms with Crippen molar-refractivity contribution >= 4 is 18.4 Å². The maximum Gasteiger partial charge on any atom is 0.305 e. The van der Waals surface area contributed by atoms with Gasteiger partial charge in [0.15, 0.2) is 0 Å². The summed E-state index contributed by atoms with van der Waals surface area (Å²) in [6.07, 6.45) is 2.56. The van der Waals surface area contributed by atoms with Gasteiger partial charge in [0.2, 0.25) is 0 Å². The van der Waals surface area contributed by atoms with E-state index in [0.29, 0.717) is 12.5 Å². The Bertz CT molecular complexity index is 495. The van der Waals surface area contributed by atoms with E-state index in [2.05, 4.69) is 47.7 Å². The molecule has 1 heterocycles. The lowest BCUT2D eigenvalue weighted by Crippen LogP contribution is -2.45. The minimum atomic E-state index is -0.118. The molecular weight excluding hydrogens is 314 g/mol. The first-order chi connectivity index (χ1) is 10.6. The lowest BCUT2D eigenvalue weighted by molar-refractivity contribution is -0.140. The van der Waals surface area contributed by atoms with Gasteiger partial charge in [-0.3, -0.25) is 9.69 Å². The maximum atomic E-state index is 11.1. The summed E-state index contributed by atoms with van der Waals surface area (Å²) in [5.74, 6) is -0.118. The number of ether oxygens (including phenoxy) is 2. The van der Waals surface area contributed by atoms with Crippen molar-refractivity contribution in [2.24, 2.45) is 0 Å². The van der Waals surface area contributed by atoms with Crippen LogP contribution in [0.3, 0.4) is 0 Å². The monoisotopic (exact) mass is 341 g/mol. The summed E-state index contributed by atoms with van der Waals surface area (Å²) in [5.41, 5.74) is 2.57. The van der Waals surface area contributed by atoms with Crippen LogP contribution in [0.5, 0.6) is 0 Å². The smallest absolute Gasteiger partial charge is 0.305 e. The van der Waals surface area contributed by atoms with Gasteiger partial charge in [0.1, 0.15) is 0 Å². The van der Waals surface area contributed by atoms with Gasteiger partial charge in [-0.15, -0.1) is 12.4 Å². The van der Waals surface area contributed by atoms with E-state index in [1.165, 1.54) is 18.2 Å². The van der Waals surface area contributed by atoms with E-state index in [0.717, 1.165) is 32.5 Å². The van der Waals surface area contributed by atoms with Crippen molar-refractivity contribution < 1.29 is 14.3 Å². The molecule has 5 heteroatoms. The van der Waals surface area contributed by atoms with Gasteiger partial charge in [0.05, 0.1) is 19.8 Å². The Morgan fingerprint density at radius 2 is 2.09 bits per heavy atom. The number of benzene rings is 1. The average molecular weight is 342 g/mol. The number of aryl methyl sites for hydroxylation is 1. The molecule has 4 nitrogen and oxygen atoms in total. The summed E-state index contributed by atoms with van der Waals surface area (Å²) in [6.45, 7) is 7.02. The fraction of sp³-hybridized carbons (Fsp3) is 0.611. The normalized spacial score (nSPS) is 21.5. The Morgan fingerprint density at radius 1 is 1.35 bits per heavy atom. The highest BCUT2D eigenvalue weighted by atomic mass is 35.5. The number of morpholine rings is 1. The molecule has 1 fully saturated rings. The number of nitrogens with zero attached hydrogens (tertiary/aromatic N) is 1. The minimum Gasteiger partial charge on any atom is -0.469 e. The van der Waals surface area contributed by atoms with Crippen LogP contribution < -0.4 is 0 Å². The van der Waals surface area contributed by atoms with Gasteiger partial charge in [0.25, 0.3) is 0 Å². The molecule has 0 bridgehead atoms. The number of hydrogen-bond donors (Lipinski definition) is 0. The van der Waals surface area contributed by atoms with Crippen LogP contribution in [-0.4, -0.2) is 43.7 Å². The molecule has 0 spiro atoms. The minimum absolute atomic E-state index is 0. The third-order valence-electron chi connectivity index (χ3n) is 4.40. The molecule has 1 saturated heterocycles. The third-order valence-corrected chi connectivity index (χ3v) is 4.40. The second kappa shape index (κ2) is 9.91. The fourth-order valence-corrected chi connectivity index (χ4v) is 2.94. The van der Waals surface area contributed by atoms with Gasteiger partial charge >= 0.3 is 5.97 Å². The van der Waals surface area contributed by atoms with Crippen LogP contribution in [0.25, 0.3) is 0 Å². The van der Waals surface area contributed by atoms with Gasteiger partial charge in [-0.2, -0.15) is 0 Å². The van der Waals surface area contributed by atoms with Crippen LogP contribution in [-0.2, 0) is 14.3 Å². The van der Waals surface area contributed by atoms with Gasteiger partial charge in [0, 0.05) is 19.0 Å². The van der Waals surface area contributed by atoms with Crippen molar-refractivity contribution in [1.82, 2.24) is 4.90 Å². The Hall–Kier alpha value is -1.10. The Kier molecular flexibility index (Phi) is 8.59. The van der Waals surface area contributed by atoms with Crippen LogP contribution in [0.1, 0.15) is 43.4 Å². The van der Waals surface area contributed by atoms with E-state index < -0.39 is 0 Å². The van der Waals surface area contributed by atoms with E-state index >= 15 is 0 Å². The first-order valence-corrected chi connectivity index (χ1v) is 8.09. The summed E-state index contributed by atoms with van der Waals surface area (Å²) in [4.78, 5) is 13.6. The molecule has 0 aromatic heterocycles. The van der Waals surface area contributed by atoms with Crippen LogP contribution in [0, 0.1) is 6.92 Å². The van der Waals surface area contributed by atoms with Crippen molar-refractivity contribution in [2.75, 3.05) is 26.8 Å². The van der Waals surface area contributed by atoms with Crippen LogP contribution in [0.15, 0.2) is 24.3 Å². The summed E-state index contributed by atoms with van der Waals surface area (Å²) >= 11 is 0. The first-order valence-electron chi connectivity index (χ1n) is 8.09. The molecule has 1 aromatic carbocycles. The Labute approximate surface area is 145 Å². The molecule has 1 aliphatic rings. The van der Waals surface area contributed by atoms with Gasteiger partial charge in [-0.1, -0.05) is 24.3 Å². The number of esters is 1. The summed E-state index contributed by atoms with van der Waals surface area (Å²) in [7, 11) is 1.44. The number of halogens is 1. The highest BCUT2D eigenvalue weighted by molar-refractivity contribution is 5.85. The van der Waals surface area contributed by atoms with E-state index in [4.69, 9.17) is 4.74 Å². The van der Waals surface area contributed by atoms with Crippen LogP contribution >= 0.6 is 12.4 Å². The van der Waals surface area contributed by atoms with Gasteiger partial charge in [-0.25, -0.2) is 0 Å². The standard InChI is InChI=1S/C18H27NO3.ClH/c1-14-8-4-5-9-16(14)17-12-19(15(2)13-22-17)11-7-6-10-18(20)21-3;/h4-5,8-9,15,17H,6-7,10-13H2,1-3H3;1H. The molecule has 0 amide bonds. The zero-order valence-corrected chi connectivity index (χ0v) is 15.1. The van der Waals surface area contributed by atoms with E-state index in [1.807, 2.05) is 0 Å². The second-order valence-electron chi connectivity index (χ2n) is 6.06. The Morgan fingerprint density at radius 3 is 2.78 bits per heavy atom. The molecule has 23 heavy (non-hydrogen) atoms. The highest BCUT2D eigenvalue weighted by Gasteiger charge is 2.27. The molecular formula is C18H28ClNO3. The average Bonchev–Trinajstić information content (AvgIpc) is 2.53. The molecule has 2 unspecified atom stereocenters. The van der Waals surface area contributed by atoms with Gasteiger partial charge < -0.3 is 9.47 Å². The van der Waals surface area contributed by atoms with Crippen molar-refractivity contribution in [3.8, 4) is 0 Å². The molecule has 0 aliphatic carbocycles. The number of unbranched alkanes of at least 4 members (excludes halogenated alkanes) is 1. The zero-order chi connectivity index (χ0) is 15.9. The highest BCUT2D eigenvalue weighted by Crippen LogP contribution is 2.27. The zero-order valence-electron chi connectivity index (χ0n) is 14.3. The first kappa shape index (κ1) is 19.9. The maximum absolute atomic E-state index is 11.1. The van der Waals surface area contributed by atoms with E-state index in [9.17, 15) is 4.79 Å². The molecule has 0 saturated carbocycles. The van der Waals surface area contributed by atoms with Gasteiger partial charge in [-0.05, 0) is 44.4 Å². The number of carbonyl (C=O) groups is 1. The molecule has 2 rings (SSSR count). The molecule has 1 aromatic rings. The predicted molar refractivity (Wildman–Crippen MR) is 94.0 cm³/mol. The lowest BCUT2D eigenvalue weighted by atomic mass is 10.0. The largest absolute Gasteiger partial charge is 0.469 e. The number of rotatable bonds is 6. The summed E-state index contributed by atoms with van der Waals surface area (Å²) in [5, 5.41) is 0. The lowest BCUT2D eigenvalue weighted by Gasteiger charge is -2.38. The number of methoxy groups -OCH3 is 1. The van der Waals surface area contributed by atoms with Crippen molar-refractivity contribution in [2.45, 2.75) is 45.3 Å². The predicted octanol–water partition coefficient (Wildman–Crippen LogP) is 3.52. The molecule has 0 N–H and O–H groups in total. The van der Waals surface area contributed by atoms with E-state index in [1.54, 1.807) is 0 Å². The quantitative estimate of drug-likeness (QED) is 0.586. The fourth-order valence-electron chi connectivity index (χ4n) is 2.94. The Balaban J connectivity index is 0.00000264. The molecule has 1 aliphatic heterocycles. The molecule has 0 radical (unpaired) electrons. The SMILES string of the molecule is COC(=O)CCCCN1CC(c2ccccc2C)OCC1C.Cl. The second-order valence-corrected chi connectivity index (χ2v) is 6.06. The number of carbonyl (C=O) groups excluding carboxylic acids is 1. The third kappa shape index (κ3) is 5.79. The van der Waals surface area contributed by atoms with Crippen molar-refractivity contribution in [3.05, 3.63) is 35.4 Å². The summed E-state index contributed by atoms with van der Waals surface area (Å²) < 4.78 is 10.7. The number of hydrogen-bond acceptors (Lipinski definition) is 4. The molecule has 130 valence electrons. The topological polar surface area (TPSA) is 38.8 Å². The molecule has 2 atom stereocenters. The van der Waals surface area contributed by atoms with Crippen LogP contribution in [0.4, 0.5) is 0 Å². The van der Waals surface area contributed by atoms with Crippen molar-refractivity contribution in [3.63, 3.8) is 0 Å². The van der Waals surface area contributed by atoms with Crippen LogP contribution in [0.2, 0.25) is 0 Å².